The minimum absolute atomic E-state index is 0.0418. The number of ether oxygens (including phenoxy) is 1. The number of methoxy groups -OCH3 is 1. The third-order valence-electron chi connectivity index (χ3n) is 2.40. The summed E-state index contributed by atoms with van der Waals surface area (Å²) in [7, 11) is 1.58. The highest BCUT2D eigenvalue weighted by Crippen LogP contribution is 2.23. The fourth-order valence-electron chi connectivity index (χ4n) is 1.42. The van der Waals surface area contributed by atoms with E-state index in [0.29, 0.717) is 35.7 Å². The van der Waals surface area contributed by atoms with Crippen LogP contribution in [-0.2, 0) is 9.53 Å². The van der Waals surface area contributed by atoms with E-state index in [9.17, 15) is 4.79 Å². The Morgan fingerprint density at radius 2 is 2.32 bits per heavy atom. The molecule has 0 fully saturated rings. The molecule has 0 saturated heterocycles. The summed E-state index contributed by atoms with van der Waals surface area (Å²) in [5.41, 5.74) is 6.40. The summed E-state index contributed by atoms with van der Waals surface area (Å²) in [5.74, 6) is -0.185. The van der Waals surface area contributed by atoms with Crippen molar-refractivity contribution in [2.24, 2.45) is 10.9 Å². The van der Waals surface area contributed by atoms with Crippen molar-refractivity contribution in [1.82, 2.24) is 0 Å². The number of halogens is 1. The van der Waals surface area contributed by atoms with Gasteiger partial charge in [0.1, 0.15) is 0 Å². The van der Waals surface area contributed by atoms with Crippen molar-refractivity contribution in [3.05, 3.63) is 28.8 Å². The number of nitrogens with zero attached hydrogens (tertiary/aromatic N) is 1. The van der Waals surface area contributed by atoms with Gasteiger partial charge in [-0.3, -0.25) is 4.79 Å². The smallest absolute Gasteiger partial charge is 0.224 e. The molecule has 1 aromatic rings. The number of amidine groups is 1. The van der Waals surface area contributed by atoms with Crippen molar-refractivity contribution in [3.8, 4) is 0 Å². The second-order valence-electron chi connectivity index (χ2n) is 3.82. The van der Waals surface area contributed by atoms with E-state index in [1.54, 1.807) is 19.2 Å². The van der Waals surface area contributed by atoms with E-state index in [1.165, 1.54) is 6.07 Å². The average Bonchev–Trinajstić information content (AvgIpc) is 2.40. The van der Waals surface area contributed by atoms with Crippen LogP contribution in [0.1, 0.15) is 18.4 Å². The van der Waals surface area contributed by atoms with Crippen LogP contribution >= 0.6 is 11.6 Å². The second-order valence-corrected chi connectivity index (χ2v) is 4.23. The van der Waals surface area contributed by atoms with Gasteiger partial charge in [0.05, 0.1) is 10.7 Å². The number of nitrogens with two attached hydrogens (primary N) is 1. The lowest BCUT2D eigenvalue weighted by atomic mass is 10.2. The number of anilines is 1. The summed E-state index contributed by atoms with van der Waals surface area (Å²) in [6.07, 6.45) is 0.994. The van der Waals surface area contributed by atoms with Crippen LogP contribution in [0.2, 0.25) is 5.02 Å². The molecule has 0 aliphatic carbocycles. The summed E-state index contributed by atoms with van der Waals surface area (Å²) in [4.78, 5) is 11.6. The summed E-state index contributed by atoms with van der Waals surface area (Å²) < 4.78 is 4.86. The van der Waals surface area contributed by atoms with E-state index in [0.717, 1.165) is 0 Å². The van der Waals surface area contributed by atoms with Crippen LogP contribution in [0.5, 0.6) is 0 Å². The van der Waals surface area contributed by atoms with Gasteiger partial charge in [0.15, 0.2) is 5.84 Å². The zero-order valence-corrected chi connectivity index (χ0v) is 11.3. The average molecular weight is 286 g/mol. The molecule has 0 aliphatic rings. The molecule has 0 unspecified atom stereocenters. The van der Waals surface area contributed by atoms with E-state index >= 15 is 0 Å². The number of benzene rings is 1. The van der Waals surface area contributed by atoms with Crippen LogP contribution in [0.3, 0.4) is 0 Å². The van der Waals surface area contributed by atoms with Crippen molar-refractivity contribution in [2.75, 3.05) is 19.0 Å². The van der Waals surface area contributed by atoms with Gasteiger partial charge in [-0.15, -0.1) is 0 Å². The quantitative estimate of drug-likeness (QED) is 0.244. The van der Waals surface area contributed by atoms with Gasteiger partial charge in [-0.05, 0) is 24.6 Å². The number of rotatable bonds is 6. The highest BCUT2D eigenvalue weighted by molar-refractivity contribution is 6.34. The number of oxime groups is 1. The van der Waals surface area contributed by atoms with Gasteiger partial charge in [0.25, 0.3) is 0 Å². The molecule has 0 radical (unpaired) electrons. The zero-order valence-electron chi connectivity index (χ0n) is 10.5. The van der Waals surface area contributed by atoms with E-state index < -0.39 is 0 Å². The van der Waals surface area contributed by atoms with Crippen molar-refractivity contribution in [1.29, 1.82) is 0 Å². The maximum atomic E-state index is 11.6. The van der Waals surface area contributed by atoms with Crippen LogP contribution in [0.4, 0.5) is 5.69 Å². The van der Waals surface area contributed by atoms with Gasteiger partial charge in [0.2, 0.25) is 5.91 Å². The van der Waals surface area contributed by atoms with Crippen LogP contribution in [0, 0.1) is 0 Å². The topological polar surface area (TPSA) is 96.9 Å². The molecule has 0 spiro atoms. The first-order valence-corrected chi connectivity index (χ1v) is 6.02. The van der Waals surface area contributed by atoms with Crippen molar-refractivity contribution in [2.45, 2.75) is 12.8 Å². The van der Waals surface area contributed by atoms with Crippen molar-refractivity contribution >= 4 is 29.0 Å². The van der Waals surface area contributed by atoms with Gasteiger partial charge in [-0.1, -0.05) is 16.8 Å². The molecular formula is C12H16ClN3O3. The number of amides is 1. The standard InChI is InChI=1S/C12H16ClN3O3/c1-19-6-2-3-11(17)15-10-5-4-8(7-9(10)13)12(14)16-18/h4-5,7,18H,2-3,6H2,1H3,(H2,14,16)(H,15,17). The largest absolute Gasteiger partial charge is 0.409 e. The molecule has 6 nitrogen and oxygen atoms in total. The monoisotopic (exact) mass is 285 g/mol. The molecule has 1 amide bonds. The predicted octanol–water partition coefficient (Wildman–Crippen LogP) is 1.80. The fraction of sp³-hybridized carbons (Fsp3) is 0.333. The van der Waals surface area contributed by atoms with E-state index in [-0.39, 0.29) is 11.7 Å². The molecule has 0 aliphatic heterocycles. The van der Waals surface area contributed by atoms with Crippen LogP contribution in [0.15, 0.2) is 23.4 Å². The molecular weight excluding hydrogens is 270 g/mol. The zero-order chi connectivity index (χ0) is 14.3. The Labute approximate surface area is 116 Å². The number of carbonyl (C=O) groups is 1. The molecule has 1 rings (SSSR count). The number of hydrogen-bond donors (Lipinski definition) is 3. The molecule has 0 bridgehead atoms. The summed E-state index contributed by atoms with van der Waals surface area (Å²) in [6.45, 7) is 0.531. The molecule has 0 atom stereocenters. The number of nitrogens with one attached hydrogen (secondary N) is 1. The van der Waals surface area contributed by atoms with Gasteiger partial charge in [-0.2, -0.15) is 0 Å². The third-order valence-corrected chi connectivity index (χ3v) is 2.71. The minimum atomic E-state index is -0.143. The highest BCUT2D eigenvalue weighted by Gasteiger charge is 2.08. The Kier molecular flexibility index (Phi) is 6.11. The van der Waals surface area contributed by atoms with Crippen LogP contribution in [-0.4, -0.2) is 30.7 Å². The Balaban J connectivity index is 2.67. The van der Waals surface area contributed by atoms with E-state index in [2.05, 4.69) is 10.5 Å². The van der Waals surface area contributed by atoms with Gasteiger partial charge in [-0.25, -0.2) is 0 Å². The lowest BCUT2D eigenvalue weighted by Crippen LogP contribution is -2.15. The molecule has 1 aromatic carbocycles. The number of carbonyl (C=O) groups excluding carboxylic acids is 1. The molecule has 104 valence electrons. The Morgan fingerprint density at radius 3 is 2.89 bits per heavy atom. The first-order chi connectivity index (χ1) is 9.08. The molecule has 0 saturated carbocycles. The SMILES string of the molecule is COCCCC(=O)Nc1ccc(/C(N)=N/O)cc1Cl. The maximum absolute atomic E-state index is 11.6. The minimum Gasteiger partial charge on any atom is -0.409 e. The van der Waals surface area contributed by atoms with Gasteiger partial charge < -0.3 is 21.0 Å². The molecule has 4 N–H and O–H groups in total. The lowest BCUT2D eigenvalue weighted by Gasteiger charge is -2.08. The molecule has 19 heavy (non-hydrogen) atoms. The Bertz CT molecular complexity index is 477. The predicted molar refractivity (Wildman–Crippen MR) is 73.7 cm³/mol. The van der Waals surface area contributed by atoms with E-state index in [1.807, 2.05) is 0 Å². The third kappa shape index (κ3) is 4.76. The molecule has 0 aromatic heterocycles. The Morgan fingerprint density at radius 1 is 1.58 bits per heavy atom. The maximum Gasteiger partial charge on any atom is 0.224 e. The Hall–Kier alpha value is -1.79. The van der Waals surface area contributed by atoms with Crippen LogP contribution in [0.25, 0.3) is 0 Å². The second kappa shape index (κ2) is 7.60. The van der Waals surface area contributed by atoms with Crippen molar-refractivity contribution in [3.63, 3.8) is 0 Å². The summed E-state index contributed by atoms with van der Waals surface area (Å²) >= 11 is 6.00. The first-order valence-electron chi connectivity index (χ1n) is 5.64. The van der Waals surface area contributed by atoms with Gasteiger partial charge in [0, 0.05) is 25.7 Å². The number of hydrogen-bond acceptors (Lipinski definition) is 4. The summed E-state index contributed by atoms with van der Waals surface area (Å²) in [5, 5.41) is 14.4. The fourth-order valence-corrected chi connectivity index (χ4v) is 1.65. The highest BCUT2D eigenvalue weighted by atomic mass is 35.5. The molecule has 7 heteroatoms. The van der Waals surface area contributed by atoms with E-state index in [4.69, 9.17) is 27.3 Å². The van der Waals surface area contributed by atoms with Gasteiger partial charge >= 0.3 is 0 Å². The first kappa shape index (κ1) is 15.3. The van der Waals surface area contributed by atoms with Crippen molar-refractivity contribution < 1.29 is 14.7 Å². The normalized spacial score (nSPS) is 11.4. The lowest BCUT2D eigenvalue weighted by molar-refractivity contribution is -0.116. The molecule has 0 heterocycles. The summed E-state index contributed by atoms with van der Waals surface area (Å²) in [6, 6.07) is 4.72. The van der Waals surface area contributed by atoms with Crippen LogP contribution < -0.4 is 11.1 Å².